The van der Waals surface area contributed by atoms with Gasteiger partial charge in [-0.05, 0) is 12.2 Å². The lowest BCUT2D eigenvalue weighted by atomic mass is 9.91. The summed E-state index contributed by atoms with van der Waals surface area (Å²) in [5.41, 5.74) is 2.41. The molecule has 2 heteroatoms. The molecule has 0 aromatic heterocycles. The van der Waals surface area contributed by atoms with Crippen LogP contribution >= 0.6 is 0 Å². The van der Waals surface area contributed by atoms with Crippen molar-refractivity contribution in [3.05, 3.63) is 30.0 Å². The van der Waals surface area contributed by atoms with E-state index in [1.165, 1.54) is 0 Å². The third-order valence-electron chi connectivity index (χ3n) is 1.23. The number of hydrogen-bond acceptors (Lipinski definition) is 2. The monoisotopic (exact) mass is 158 g/mol. The maximum Gasteiger partial charge on any atom is 0.126 e. The SMILES string of the molecule is C=C=CC(C)(C)C=C(C#N)C#N. The molecule has 0 radical (unpaired) electrons. The lowest BCUT2D eigenvalue weighted by molar-refractivity contribution is 0.625. The van der Waals surface area contributed by atoms with Gasteiger partial charge in [-0.3, -0.25) is 0 Å². The maximum absolute atomic E-state index is 8.47. The Morgan fingerprint density at radius 1 is 1.33 bits per heavy atom. The van der Waals surface area contributed by atoms with Crippen molar-refractivity contribution >= 4 is 0 Å². The standard InChI is InChI=1S/C10H10N2/c1-4-5-10(2,3)6-9(7-11)8-12/h5-6H,1H2,2-3H3. The minimum Gasteiger partial charge on any atom is -0.192 e. The van der Waals surface area contributed by atoms with Crippen LogP contribution < -0.4 is 0 Å². The fraction of sp³-hybridized carbons (Fsp3) is 0.300. The summed E-state index contributed by atoms with van der Waals surface area (Å²) in [4.78, 5) is 0. The first-order valence-corrected chi connectivity index (χ1v) is 3.46. The highest BCUT2D eigenvalue weighted by molar-refractivity contribution is 5.37. The van der Waals surface area contributed by atoms with Crippen LogP contribution in [0.2, 0.25) is 0 Å². The highest BCUT2D eigenvalue weighted by Crippen LogP contribution is 2.19. The number of allylic oxidation sites excluding steroid dienone is 3. The van der Waals surface area contributed by atoms with E-state index < -0.39 is 0 Å². The molecule has 0 amide bonds. The Kier molecular flexibility index (Phi) is 3.57. The Bertz CT molecular complexity index is 299. The quantitative estimate of drug-likeness (QED) is 0.457. The van der Waals surface area contributed by atoms with Gasteiger partial charge in [0.2, 0.25) is 0 Å². The topological polar surface area (TPSA) is 47.6 Å². The van der Waals surface area contributed by atoms with E-state index in [9.17, 15) is 0 Å². The molecule has 0 aliphatic carbocycles. The number of rotatable bonds is 2. The zero-order chi connectivity index (χ0) is 9.61. The normalized spacial score (nSPS) is 8.67. The van der Waals surface area contributed by atoms with Gasteiger partial charge in [0.05, 0.1) is 0 Å². The second-order valence-electron chi connectivity index (χ2n) is 2.95. The second-order valence-corrected chi connectivity index (χ2v) is 2.95. The Morgan fingerprint density at radius 2 is 1.83 bits per heavy atom. The summed E-state index contributed by atoms with van der Waals surface area (Å²) < 4.78 is 0. The summed E-state index contributed by atoms with van der Waals surface area (Å²) in [5, 5.41) is 16.9. The highest BCUT2D eigenvalue weighted by Gasteiger charge is 2.11. The molecule has 0 rings (SSSR count). The molecule has 0 aromatic carbocycles. The Morgan fingerprint density at radius 3 is 2.17 bits per heavy atom. The van der Waals surface area contributed by atoms with Gasteiger partial charge in [-0.1, -0.05) is 20.4 Å². The summed E-state index contributed by atoms with van der Waals surface area (Å²) in [6.07, 6.45) is 3.30. The van der Waals surface area contributed by atoms with Crippen molar-refractivity contribution < 1.29 is 0 Å². The van der Waals surface area contributed by atoms with Gasteiger partial charge in [0.15, 0.2) is 0 Å². The van der Waals surface area contributed by atoms with Crippen molar-refractivity contribution in [1.29, 1.82) is 10.5 Å². The second kappa shape index (κ2) is 4.19. The van der Waals surface area contributed by atoms with Crippen LogP contribution in [-0.2, 0) is 0 Å². The molecule has 0 atom stereocenters. The Labute approximate surface area is 72.7 Å². The fourth-order valence-corrected chi connectivity index (χ4v) is 0.766. The van der Waals surface area contributed by atoms with Crippen LogP contribution in [-0.4, -0.2) is 0 Å². The summed E-state index contributed by atoms with van der Waals surface area (Å²) in [6.45, 7) is 7.18. The van der Waals surface area contributed by atoms with E-state index in [1.807, 2.05) is 13.8 Å². The largest absolute Gasteiger partial charge is 0.192 e. The zero-order valence-corrected chi connectivity index (χ0v) is 7.26. The van der Waals surface area contributed by atoms with Crippen LogP contribution in [0.5, 0.6) is 0 Å². The number of nitriles is 2. The molecular weight excluding hydrogens is 148 g/mol. The van der Waals surface area contributed by atoms with Crippen molar-refractivity contribution in [1.82, 2.24) is 0 Å². The molecule has 2 nitrogen and oxygen atoms in total. The molecule has 60 valence electrons. The van der Waals surface area contributed by atoms with E-state index in [0.29, 0.717) is 0 Å². The molecule has 0 N–H and O–H groups in total. The van der Waals surface area contributed by atoms with Crippen molar-refractivity contribution in [2.45, 2.75) is 13.8 Å². The van der Waals surface area contributed by atoms with Gasteiger partial charge in [0.1, 0.15) is 17.7 Å². The van der Waals surface area contributed by atoms with Crippen molar-refractivity contribution in [3.8, 4) is 12.1 Å². The highest BCUT2D eigenvalue weighted by atomic mass is 14.3. The van der Waals surface area contributed by atoms with Gasteiger partial charge in [-0.2, -0.15) is 10.5 Å². The van der Waals surface area contributed by atoms with Crippen LogP contribution in [0.4, 0.5) is 0 Å². The van der Waals surface area contributed by atoms with Crippen LogP contribution in [0.15, 0.2) is 30.0 Å². The predicted octanol–water partition coefficient (Wildman–Crippen LogP) is 2.33. The summed E-state index contributed by atoms with van der Waals surface area (Å²) in [7, 11) is 0. The van der Waals surface area contributed by atoms with Crippen molar-refractivity contribution in [3.63, 3.8) is 0 Å². The average Bonchev–Trinajstić information content (AvgIpc) is 2.00. The van der Waals surface area contributed by atoms with Crippen LogP contribution in [0.25, 0.3) is 0 Å². The fourth-order valence-electron chi connectivity index (χ4n) is 0.766. The van der Waals surface area contributed by atoms with Crippen molar-refractivity contribution in [2.24, 2.45) is 5.41 Å². The molecule has 0 aliphatic rings. The summed E-state index contributed by atoms with van der Waals surface area (Å²) >= 11 is 0. The zero-order valence-electron chi connectivity index (χ0n) is 7.26. The number of nitrogens with zero attached hydrogens (tertiary/aromatic N) is 2. The lowest BCUT2D eigenvalue weighted by Crippen LogP contribution is -2.02. The lowest BCUT2D eigenvalue weighted by Gasteiger charge is -2.11. The maximum atomic E-state index is 8.47. The first kappa shape index (κ1) is 10.2. The molecule has 0 fully saturated rings. The van der Waals surface area contributed by atoms with Crippen LogP contribution in [0.3, 0.4) is 0 Å². The molecule has 0 unspecified atom stereocenters. The van der Waals surface area contributed by atoms with Gasteiger partial charge in [0.25, 0.3) is 0 Å². The van der Waals surface area contributed by atoms with Gasteiger partial charge in [0, 0.05) is 5.41 Å². The molecular formula is C10H10N2. The van der Waals surface area contributed by atoms with Gasteiger partial charge in [-0.15, -0.1) is 5.73 Å². The minimum absolute atomic E-state index is 0.117. The molecule has 0 bridgehead atoms. The minimum atomic E-state index is -0.331. The molecule has 0 saturated carbocycles. The van der Waals surface area contributed by atoms with E-state index in [2.05, 4.69) is 12.3 Å². The first-order chi connectivity index (χ1) is 5.55. The third-order valence-corrected chi connectivity index (χ3v) is 1.23. The van der Waals surface area contributed by atoms with Gasteiger partial charge >= 0.3 is 0 Å². The molecule has 12 heavy (non-hydrogen) atoms. The first-order valence-electron chi connectivity index (χ1n) is 3.46. The Hall–Kier alpha value is -1.76. The van der Waals surface area contributed by atoms with Crippen LogP contribution in [0.1, 0.15) is 13.8 Å². The third kappa shape index (κ3) is 3.42. The van der Waals surface area contributed by atoms with Crippen molar-refractivity contribution in [2.75, 3.05) is 0 Å². The van der Waals surface area contributed by atoms with Crippen LogP contribution in [0, 0.1) is 28.1 Å². The van der Waals surface area contributed by atoms with E-state index in [-0.39, 0.29) is 11.0 Å². The summed E-state index contributed by atoms with van der Waals surface area (Å²) in [6, 6.07) is 3.60. The Balaban J connectivity index is 4.88. The van der Waals surface area contributed by atoms with E-state index in [4.69, 9.17) is 10.5 Å². The molecule has 0 saturated heterocycles. The predicted molar refractivity (Wildman–Crippen MR) is 46.8 cm³/mol. The number of hydrogen-bond donors (Lipinski definition) is 0. The molecule has 0 aromatic rings. The van der Waals surface area contributed by atoms with Gasteiger partial charge in [-0.25, -0.2) is 0 Å². The van der Waals surface area contributed by atoms with Gasteiger partial charge < -0.3 is 0 Å². The van der Waals surface area contributed by atoms with E-state index >= 15 is 0 Å². The molecule has 0 aliphatic heterocycles. The molecule has 0 spiro atoms. The van der Waals surface area contributed by atoms with E-state index in [0.717, 1.165) is 0 Å². The van der Waals surface area contributed by atoms with E-state index in [1.54, 1.807) is 24.3 Å². The molecule has 0 heterocycles. The average molecular weight is 158 g/mol. The summed E-state index contributed by atoms with van der Waals surface area (Å²) in [5.74, 6) is 0. The smallest absolute Gasteiger partial charge is 0.126 e.